The largest absolute Gasteiger partial charge is 0.483 e. The molecule has 7 heteroatoms. The lowest BCUT2D eigenvalue weighted by Gasteiger charge is -2.03. The molecule has 0 saturated heterocycles. The van der Waals surface area contributed by atoms with Crippen LogP contribution in [0.5, 0.6) is 0 Å². The molecule has 0 saturated carbocycles. The van der Waals surface area contributed by atoms with Crippen LogP contribution in [-0.4, -0.2) is 59.9 Å². The van der Waals surface area contributed by atoms with Gasteiger partial charge in [0.2, 0.25) is 0 Å². The van der Waals surface area contributed by atoms with E-state index in [4.69, 9.17) is 24.9 Å². The van der Waals surface area contributed by atoms with E-state index < -0.39 is 5.97 Å². The Morgan fingerprint density at radius 1 is 1.43 bits per heavy atom. The van der Waals surface area contributed by atoms with E-state index in [1.54, 1.807) is 0 Å². The zero-order valence-corrected chi connectivity index (χ0v) is 8.80. The van der Waals surface area contributed by atoms with Crippen LogP contribution in [0, 0.1) is 0 Å². The van der Waals surface area contributed by atoms with E-state index in [9.17, 15) is 0 Å². The van der Waals surface area contributed by atoms with Crippen molar-refractivity contribution in [3.8, 4) is 0 Å². The summed E-state index contributed by atoms with van der Waals surface area (Å²) in [7, 11) is 3.85. The number of likely N-dealkylation sites (N-methyl/N-ethyl adjacent to an activating group) is 1. The van der Waals surface area contributed by atoms with E-state index in [1.807, 2.05) is 19.0 Å². The molecule has 0 aliphatic heterocycles. The van der Waals surface area contributed by atoms with Crippen molar-refractivity contribution >= 4 is 12.4 Å². The van der Waals surface area contributed by atoms with Crippen LogP contribution in [0.2, 0.25) is 0 Å². The summed E-state index contributed by atoms with van der Waals surface area (Å²) in [6.45, 7) is 1.85. The lowest BCUT2D eigenvalue weighted by Crippen LogP contribution is -2.15. The number of aliphatic carboxylic acids is 1. The molecule has 0 amide bonds. The van der Waals surface area contributed by atoms with Gasteiger partial charge < -0.3 is 26.4 Å². The molecule has 0 radical (unpaired) electrons. The maximum atomic E-state index is 9.00. The molecule has 88 valence electrons. The Morgan fingerprint density at radius 3 is 1.64 bits per heavy atom. The van der Waals surface area contributed by atoms with Crippen molar-refractivity contribution in [1.82, 2.24) is 11.1 Å². The van der Waals surface area contributed by atoms with Gasteiger partial charge in [-0.25, -0.2) is 0 Å². The first kappa shape index (κ1) is 23.0. The highest BCUT2D eigenvalue weighted by Crippen LogP contribution is 1.66. The maximum absolute atomic E-state index is 9.00. The van der Waals surface area contributed by atoms with Crippen LogP contribution in [-0.2, 0) is 9.59 Å². The molecular weight excluding hydrogens is 192 g/mol. The van der Waals surface area contributed by atoms with Crippen LogP contribution < -0.4 is 6.15 Å². The zero-order chi connectivity index (χ0) is 11.3. The van der Waals surface area contributed by atoms with Crippen molar-refractivity contribution in [2.24, 2.45) is 0 Å². The van der Waals surface area contributed by atoms with Crippen LogP contribution in [0.25, 0.3) is 0 Å². The third kappa shape index (κ3) is 315. The molecule has 0 rings (SSSR count). The molecule has 0 spiro atoms. The molecule has 0 aliphatic rings. The topological polar surface area (TPSA) is 133 Å². The van der Waals surface area contributed by atoms with Gasteiger partial charge >= 0.3 is 0 Å². The number of nitrogens with zero attached hydrogens (tertiary/aromatic N) is 1. The van der Waals surface area contributed by atoms with E-state index in [0.29, 0.717) is 0 Å². The molecule has 0 unspecified atom stereocenters. The van der Waals surface area contributed by atoms with Gasteiger partial charge in [-0.2, -0.15) is 0 Å². The standard InChI is InChI=1S/C4H11NO.C2H4O2.CH2O2.H3N/c1-5(2)3-4-6;1-2(3)4;2-1-3;/h6H,3-4H2,1-2H3;1H3,(H,3,4);1H,(H,2,3);1H3. The Balaban J connectivity index is -0.0000000553. The van der Waals surface area contributed by atoms with E-state index in [2.05, 4.69) is 0 Å². The summed E-state index contributed by atoms with van der Waals surface area (Å²) in [4.78, 5) is 19.3. The number of carboxylic acids is 1. The van der Waals surface area contributed by atoms with Gasteiger partial charge in [-0.1, -0.05) is 0 Å². The second-order valence-corrected chi connectivity index (χ2v) is 2.15. The summed E-state index contributed by atoms with van der Waals surface area (Å²) in [5.41, 5.74) is 0. The molecule has 0 atom stereocenters. The zero-order valence-electron chi connectivity index (χ0n) is 8.80. The summed E-state index contributed by atoms with van der Waals surface area (Å²) >= 11 is 0. The van der Waals surface area contributed by atoms with Crippen LogP contribution >= 0.6 is 0 Å². The monoisotopic (exact) mass is 212 g/mol. The summed E-state index contributed by atoms with van der Waals surface area (Å²) in [5.74, 6) is -0.833. The SMILES string of the molecule is CC(=O)O.CN(C)CCO.N.O=CO. The van der Waals surface area contributed by atoms with E-state index >= 15 is 0 Å². The van der Waals surface area contributed by atoms with Gasteiger partial charge in [-0.05, 0) is 14.1 Å². The van der Waals surface area contributed by atoms with Gasteiger partial charge in [-0.15, -0.1) is 0 Å². The Hall–Kier alpha value is -1.18. The van der Waals surface area contributed by atoms with Crippen molar-refractivity contribution in [2.45, 2.75) is 6.92 Å². The molecule has 0 heterocycles. The Bertz CT molecular complexity index is 115. The summed E-state index contributed by atoms with van der Waals surface area (Å²) in [6, 6.07) is 0. The molecule has 0 bridgehead atoms. The van der Waals surface area contributed by atoms with Crippen molar-refractivity contribution in [3.63, 3.8) is 0 Å². The predicted molar refractivity (Wildman–Crippen MR) is 52.7 cm³/mol. The quantitative estimate of drug-likeness (QED) is 0.453. The van der Waals surface area contributed by atoms with Gasteiger partial charge in [0.25, 0.3) is 12.4 Å². The molecule has 14 heavy (non-hydrogen) atoms. The lowest BCUT2D eigenvalue weighted by atomic mass is 10.6. The van der Waals surface area contributed by atoms with Crippen LogP contribution in [0.3, 0.4) is 0 Å². The van der Waals surface area contributed by atoms with Crippen molar-refractivity contribution in [1.29, 1.82) is 0 Å². The van der Waals surface area contributed by atoms with Crippen LogP contribution in [0.1, 0.15) is 6.92 Å². The summed E-state index contributed by atoms with van der Waals surface area (Å²) in [6.07, 6.45) is 0. The molecule has 0 aromatic rings. The first-order valence-electron chi connectivity index (χ1n) is 3.45. The van der Waals surface area contributed by atoms with Gasteiger partial charge in [0.05, 0.1) is 6.61 Å². The third-order valence-electron chi connectivity index (χ3n) is 0.547. The lowest BCUT2D eigenvalue weighted by molar-refractivity contribution is -0.134. The van der Waals surface area contributed by atoms with Gasteiger partial charge in [0.1, 0.15) is 0 Å². The molecule has 7 nitrogen and oxygen atoms in total. The summed E-state index contributed by atoms with van der Waals surface area (Å²) < 4.78 is 0. The fraction of sp³-hybridized carbons (Fsp3) is 0.714. The number of aliphatic hydroxyl groups excluding tert-OH is 1. The second kappa shape index (κ2) is 22.6. The average Bonchev–Trinajstić information content (AvgIpc) is 1.86. The summed E-state index contributed by atoms with van der Waals surface area (Å²) in [5, 5.41) is 22.5. The van der Waals surface area contributed by atoms with Gasteiger partial charge in [-0.3, -0.25) is 9.59 Å². The third-order valence-corrected chi connectivity index (χ3v) is 0.547. The number of aliphatic hydroxyl groups is 1. The number of carbonyl (C=O) groups is 2. The van der Waals surface area contributed by atoms with Crippen molar-refractivity contribution < 1.29 is 24.9 Å². The Kier molecular flexibility index (Phi) is 37.2. The predicted octanol–water partition coefficient (Wildman–Crippen LogP) is -0.506. The van der Waals surface area contributed by atoms with Crippen LogP contribution in [0.4, 0.5) is 0 Å². The molecule has 0 aromatic heterocycles. The first-order valence-corrected chi connectivity index (χ1v) is 3.45. The van der Waals surface area contributed by atoms with Gasteiger partial charge in [0, 0.05) is 13.5 Å². The fourth-order valence-electron chi connectivity index (χ4n) is 0.200. The fourth-order valence-corrected chi connectivity index (χ4v) is 0.200. The van der Waals surface area contributed by atoms with Crippen molar-refractivity contribution in [3.05, 3.63) is 0 Å². The highest BCUT2D eigenvalue weighted by molar-refractivity contribution is 5.62. The minimum atomic E-state index is -0.833. The molecule has 0 fully saturated rings. The average molecular weight is 212 g/mol. The number of hydrogen-bond donors (Lipinski definition) is 4. The normalized spacial score (nSPS) is 6.93. The maximum Gasteiger partial charge on any atom is 0.300 e. The smallest absolute Gasteiger partial charge is 0.300 e. The molecular formula is C7H20N2O5. The minimum Gasteiger partial charge on any atom is -0.483 e. The molecule has 6 N–H and O–H groups in total. The van der Waals surface area contributed by atoms with Crippen LogP contribution in [0.15, 0.2) is 0 Å². The Morgan fingerprint density at radius 2 is 1.64 bits per heavy atom. The minimum absolute atomic E-state index is 0. The number of carboxylic acid groups (broad SMARTS) is 2. The first-order chi connectivity index (χ1) is 5.92. The second-order valence-electron chi connectivity index (χ2n) is 2.15. The highest BCUT2D eigenvalue weighted by Gasteiger charge is 1.80. The number of rotatable bonds is 2. The van der Waals surface area contributed by atoms with E-state index in [1.165, 1.54) is 0 Å². The van der Waals surface area contributed by atoms with E-state index in [0.717, 1.165) is 13.5 Å². The molecule has 0 aromatic carbocycles. The molecule has 0 aliphatic carbocycles. The number of hydrogen-bond acceptors (Lipinski definition) is 5. The Labute approximate surface area is 83.5 Å². The highest BCUT2D eigenvalue weighted by atomic mass is 16.4. The van der Waals surface area contributed by atoms with Gasteiger partial charge in [0.15, 0.2) is 0 Å². The van der Waals surface area contributed by atoms with Crippen molar-refractivity contribution in [2.75, 3.05) is 27.2 Å². The van der Waals surface area contributed by atoms with E-state index in [-0.39, 0.29) is 19.2 Å².